The normalized spacial score (nSPS) is 10.8. The maximum Gasteiger partial charge on any atom is 0.295 e. The van der Waals surface area contributed by atoms with E-state index in [4.69, 9.17) is 0 Å². The van der Waals surface area contributed by atoms with E-state index < -0.39 is 5.91 Å². The van der Waals surface area contributed by atoms with Gasteiger partial charge < -0.3 is 5.32 Å². The van der Waals surface area contributed by atoms with Gasteiger partial charge in [0, 0.05) is 15.7 Å². The molecule has 0 bridgehead atoms. The first-order valence-electron chi connectivity index (χ1n) is 9.28. The molecule has 0 aliphatic heterocycles. The molecule has 30 heavy (non-hydrogen) atoms. The summed E-state index contributed by atoms with van der Waals surface area (Å²) in [6.07, 6.45) is 0. The van der Waals surface area contributed by atoms with Crippen molar-refractivity contribution in [2.24, 2.45) is 0 Å². The van der Waals surface area contributed by atoms with Crippen molar-refractivity contribution in [3.05, 3.63) is 94.0 Å². The van der Waals surface area contributed by atoms with Gasteiger partial charge in [-0.15, -0.1) is 5.10 Å². The van der Waals surface area contributed by atoms with Crippen molar-refractivity contribution in [2.75, 3.05) is 5.32 Å². The zero-order valence-corrected chi connectivity index (χ0v) is 17.9. The second-order valence-electron chi connectivity index (χ2n) is 6.91. The van der Waals surface area contributed by atoms with Gasteiger partial charge in [0.05, 0.1) is 5.69 Å². The molecule has 5 nitrogen and oxygen atoms in total. The van der Waals surface area contributed by atoms with Crippen molar-refractivity contribution in [1.82, 2.24) is 14.8 Å². The molecule has 0 saturated heterocycles. The first-order valence-corrected chi connectivity index (χ1v) is 10.1. The lowest BCUT2D eigenvalue weighted by molar-refractivity contribution is 0.101. The Bertz CT molecular complexity index is 1220. The van der Waals surface area contributed by atoms with Gasteiger partial charge >= 0.3 is 0 Å². The highest BCUT2D eigenvalue weighted by Gasteiger charge is 2.19. The van der Waals surface area contributed by atoms with Gasteiger partial charge in [-0.05, 0) is 73.5 Å². The molecule has 0 spiro atoms. The summed E-state index contributed by atoms with van der Waals surface area (Å²) in [7, 11) is 0. The fraction of sp³-hybridized carbons (Fsp3) is 0.0870. The Morgan fingerprint density at radius 1 is 0.967 bits per heavy atom. The number of hydrogen-bond acceptors (Lipinski definition) is 3. The molecule has 1 heterocycles. The first kappa shape index (κ1) is 20.0. The van der Waals surface area contributed by atoms with Crippen LogP contribution in [0.4, 0.5) is 10.1 Å². The number of hydrogen-bond donors (Lipinski definition) is 1. The van der Waals surface area contributed by atoms with Gasteiger partial charge in [-0.1, -0.05) is 34.1 Å². The Morgan fingerprint density at radius 2 is 1.67 bits per heavy atom. The van der Waals surface area contributed by atoms with Crippen LogP contribution in [0.15, 0.2) is 71.2 Å². The minimum atomic E-state index is -0.470. The number of aryl methyl sites for hydroxylation is 2. The minimum absolute atomic E-state index is 0.0236. The smallest absolute Gasteiger partial charge is 0.295 e. The fourth-order valence-electron chi connectivity index (χ4n) is 2.95. The summed E-state index contributed by atoms with van der Waals surface area (Å²) in [6, 6.07) is 19.1. The average molecular weight is 465 g/mol. The van der Waals surface area contributed by atoms with E-state index in [1.54, 1.807) is 4.68 Å². The van der Waals surface area contributed by atoms with Gasteiger partial charge in [-0.2, -0.15) is 0 Å². The van der Waals surface area contributed by atoms with Gasteiger partial charge in [-0.25, -0.2) is 14.1 Å². The zero-order valence-electron chi connectivity index (χ0n) is 16.4. The van der Waals surface area contributed by atoms with Crippen LogP contribution in [0.5, 0.6) is 0 Å². The molecule has 0 radical (unpaired) electrons. The van der Waals surface area contributed by atoms with Crippen LogP contribution >= 0.6 is 15.9 Å². The second kappa shape index (κ2) is 8.20. The number of nitrogens with one attached hydrogen (secondary N) is 1. The topological polar surface area (TPSA) is 59.8 Å². The van der Waals surface area contributed by atoms with E-state index in [2.05, 4.69) is 31.3 Å². The van der Waals surface area contributed by atoms with Crippen LogP contribution in [0.25, 0.3) is 17.1 Å². The summed E-state index contributed by atoms with van der Waals surface area (Å²) >= 11 is 3.44. The number of aromatic nitrogens is 3. The highest BCUT2D eigenvalue weighted by atomic mass is 79.9. The largest absolute Gasteiger partial charge is 0.319 e. The number of nitrogens with zero attached hydrogens (tertiary/aromatic N) is 3. The lowest BCUT2D eigenvalue weighted by Crippen LogP contribution is -2.14. The maximum absolute atomic E-state index is 13.1. The third kappa shape index (κ3) is 4.16. The van der Waals surface area contributed by atoms with Crippen LogP contribution in [-0.4, -0.2) is 20.7 Å². The molecule has 0 saturated carbocycles. The summed E-state index contributed by atoms with van der Waals surface area (Å²) in [5.74, 6) is -0.268. The fourth-order valence-corrected chi connectivity index (χ4v) is 3.22. The van der Waals surface area contributed by atoms with Crippen LogP contribution in [-0.2, 0) is 0 Å². The molecule has 0 atom stereocenters. The molecular formula is C23H18BrFN4O. The Balaban J connectivity index is 1.76. The summed E-state index contributed by atoms with van der Waals surface area (Å²) in [4.78, 5) is 17.3. The van der Waals surface area contributed by atoms with Crippen molar-refractivity contribution in [3.63, 3.8) is 0 Å². The summed E-state index contributed by atoms with van der Waals surface area (Å²) in [6.45, 7) is 4.06. The van der Waals surface area contributed by atoms with Crippen molar-refractivity contribution in [3.8, 4) is 17.1 Å². The summed E-state index contributed by atoms with van der Waals surface area (Å²) in [5, 5.41) is 7.18. The van der Waals surface area contributed by atoms with E-state index in [0.717, 1.165) is 21.3 Å². The molecular weight excluding hydrogens is 447 g/mol. The van der Waals surface area contributed by atoms with Crippen molar-refractivity contribution < 1.29 is 9.18 Å². The molecule has 1 N–H and O–H groups in total. The molecule has 7 heteroatoms. The molecule has 0 aliphatic rings. The number of rotatable bonds is 4. The predicted octanol–water partition coefficient (Wildman–Crippen LogP) is 5.71. The highest BCUT2D eigenvalue weighted by molar-refractivity contribution is 9.10. The quantitative estimate of drug-likeness (QED) is 0.420. The van der Waals surface area contributed by atoms with E-state index in [9.17, 15) is 9.18 Å². The number of anilines is 1. The minimum Gasteiger partial charge on any atom is -0.319 e. The Hall–Kier alpha value is -3.32. The van der Waals surface area contributed by atoms with Gasteiger partial charge in [0.25, 0.3) is 5.91 Å². The molecule has 3 aromatic carbocycles. The van der Waals surface area contributed by atoms with E-state index in [0.29, 0.717) is 11.5 Å². The lowest BCUT2D eigenvalue weighted by atomic mass is 10.1. The summed E-state index contributed by atoms with van der Waals surface area (Å²) < 4.78 is 15.7. The van der Waals surface area contributed by atoms with Gasteiger partial charge in [0.15, 0.2) is 5.82 Å². The SMILES string of the molecule is Cc1ccc(-n2nc(C(=O)Nc3ccc(F)cc3)nc2-c2ccc(Br)cc2)cc1C. The molecule has 0 fully saturated rings. The van der Waals surface area contributed by atoms with Gasteiger partial charge in [-0.3, -0.25) is 4.79 Å². The van der Waals surface area contributed by atoms with Crippen molar-refractivity contribution in [2.45, 2.75) is 13.8 Å². The van der Waals surface area contributed by atoms with Crippen LogP contribution in [0.1, 0.15) is 21.7 Å². The number of carbonyl (C=O) groups excluding carboxylic acids is 1. The van der Waals surface area contributed by atoms with Crippen LogP contribution < -0.4 is 5.32 Å². The molecule has 150 valence electrons. The highest BCUT2D eigenvalue weighted by Crippen LogP contribution is 2.24. The number of benzene rings is 3. The molecule has 1 aromatic heterocycles. The molecule has 1 amide bonds. The van der Waals surface area contributed by atoms with Crippen molar-refractivity contribution >= 4 is 27.5 Å². The van der Waals surface area contributed by atoms with Gasteiger partial charge in [0.2, 0.25) is 5.82 Å². The number of amides is 1. The number of halogens is 2. The third-order valence-corrected chi connectivity index (χ3v) is 5.28. The monoisotopic (exact) mass is 464 g/mol. The van der Waals surface area contributed by atoms with Gasteiger partial charge in [0.1, 0.15) is 5.82 Å². The standard InChI is InChI=1S/C23H18BrFN4O/c1-14-3-12-20(13-15(14)2)29-22(16-4-6-17(24)7-5-16)27-21(28-29)23(30)26-19-10-8-18(25)9-11-19/h3-13H,1-2H3,(H,26,30). The Kier molecular flexibility index (Phi) is 5.46. The maximum atomic E-state index is 13.1. The second-order valence-corrected chi connectivity index (χ2v) is 7.82. The zero-order chi connectivity index (χ0) is 21.3. The summed E-state index contributed by atoms with van der Waals surface area (Å²) in [5.41, 5.74) is 4.38. The van der Waals surface area contributed by atoms with E-state index in [1.165, 1.54) is 29.8 Å². The van der Waals surface area contributed by atoms with Crippen LogP contribution in [0.3, 0.4) is 0 Å². The van der Waals surface area contributed by atoms with E-state index >= 15 is 0 Å². The van der Waals surface area contributed by atoms with Crippen LogP contribution in [0, 0.1) is 19.7 Å². The molecule has 0 aliphatic carbocycles. The first-order chi connectivity index (χ1) is 14.4. The number of carbonyl (C=O) groups is 1. The molecule has 4 rings (SSSR count). The lowest BCUT2D eigenvalue weighted by Gasteiger charge is -2.08. The molecule has 0 unspecified atom stereocenters. The Labute approximate surface area is 181 Å². The Morgan fingerprint density at radius 3 is 2.33 bits per heavy atom. The van der Waals surface area contributed by atoms with E-state index in [-0.39, 0.29) is 11.6 Å². The molecule has 4 aromatic rings. The van der Waals surface area contributed by atoms with Crippen LogP contribution in [0.2, 0.25) is 0 Å². The van der Waals surface area contributed by atoms with Crippen molar-refractivity contribution in [1.29, 1.82) is 0 Å². The van der Waals surface area contributed by atoms with E-state index in [1.807, 2.05) is 56.3 Å². The predicted molar refractivity (Wildman–Crippen MR) is 118 cm³/mol. The third-order valence-electron chi connectivity index (χ3n) is 4.75. The average Bonchev–Trinajstić information content (AvgIpc) is 3.18.